The number of carbonyl (C=O) groups excluding carboxylic acids is 1. The summed E-state index contributed by atoms with van der Waals surface area (Å²) in [6.07, 6.45) is 0.897. The van der Waals surface area contributed by atoms with Crippen LogP contribution in [0.25, 0.3) is 0 Å². The summed E-state index contributed by atoms with van der Waals surface area (Å²) in [5, 5.41) is 13.8. The molecule has 0 saturated carbocycles. The molecule has 162 valence electrons. The number of anilines is 1. The van der Waals surface area contributed by atoms with Crippen LogP contribution in [0.5, 0.6) is 0 Å². The number of oxazole rings is 1. The van der Waals surface area contributed by atoms with Crippen molar-refractivity contribution in [1.82, 2.24) is 14.8 Å². The van der Waals surface area contributed by atoms with E-state index in [-0.39, 0.29) is 11.6 Å². The van der Waals surface area contributed by atoms with Crippen molar-refractivity contribution in [3.05, 3.63) is 83.0 Å². The molecule has 4 rings (SSSR count). The first kappa shape index (κ1) is 21.5. The molecule has 2 N–H and O–H groups in total. The number of halogens is 1. The van der Waals surface area contributed by atoms with Crippen LogP contribution in [-0.4, -0.2) is 58.5 Å². The molecule has 3 aromatic rings. The predicted molar refractivity (Wildman–Crippen MR) is 119 cm³/mol. The maximum atomic E-state index is 12.4. The molecule has 2 aromatic carbocycles. The average Bonchev–Trinajstić information content (AvgIpc) is 3.26. The van der Waals surface area contributed by atoms with Crippen molar-refractivity contribution < 1.29 is 14.3 Å². The van der Waals surface area contributed by atoms with Crippen LogP contribution in [0.4, 0.5) is 5.69 Å². The number of nitrogens with one attached hydrogen (secondary N) is 1. The minimum absolute atomic E-state index is 0.245. The van der Waals surface area contributed by atoms with Gasteiger partial charge in [-0.3, -0.25) is 14.6 Å². The zero-order valence-electron chi connectivity index (χ0n) is 17.1. The van der Waals surface area contributed by atoms with E-state index >= 15 is 0 Å². The van der Waals surface area contributed by atoms with Crippen LogP contribution < -0.4 is 5.32 Å². The van der Waals surface area contributed by atoms with Crippen molar-refractivity contribution in [3.63, 3.8) is 0 Å². The van der Waals surface area contributed by atoms with Crippen LogP contribution in [0.2, 0.25) is 5.02 Å². The van der Waals surface area contributed by atoms with Gasteiger partial charge in [0.25, 0.3) is 5.91 Å². The number of rotatable bonds is 7. The van der Waals surface area contributed by atoms with E-state index in [9.17, 15) is 9.90 Å². The maximum absolute atomic E-state index is 12.4. The number of piperazine rings is 1. The number of β-amino-alcohol motifs (C(OH)–C–C–N with tert-alkyl or cyclic N) is 1. The Hall–Kier alpha value is -2.71. The van der Waals surface area contributed by atoms with Gasteiger partial charge >= 0.3 is 0 Å². The molecule has 8 heteroatoms. The van der Waals surface area contributed by atoms with Crippen LogP contribution in [0.1, 0.15) is 28.0 Å². The molecule has 1 saturated heterocycles. The molecule has 0 unspecified atom stereocenters. The number of aliphatic hydroxyl groups is 1. The molecule has 1 aromatic heterocycles. The van der Waals surface area contributed by atoms with Crippen molar-refractivity contribution >= 4 is 23.2 Å². The van der Waals surface area contributed by atoms with Gasteiger partial charge in [-0.15, -0.1) is 0 Å². The monoisotopic (exact) mass is 440 g/mol. The number of hydrogen-bond acceptors (Lipinski definition) is 6. The van der Waals surface area contributed by atoms with Gasteiger partial charge < -0.3 is 14.8 Å². The summed E-state index contributed by atoms with van der Waals surface area (Å²) < 4.78 is 5.51. The Bertz CT molecular complexity index is 986. The van der Waals surface area contributed by atoms with Gasteiger partial charge in [-0.25, -0.2) is 4.98 Å². The Morgan fingerprint density at radius 3 is 2.45 bits per heavy atom. The third kappa shape index (κ3) is 5.92. The van der Waals surface area contributed by atoms with Gasteiger partial charge in [-0.2, -0.15) is 0 Å². The van der Waals surface area contributed by atoms with Gasteiger partial charge in [0.2, 0.25) is 5.89 Å². The number of amides is 1. The largest absolute Gasteiger partial charge is 0.447 e. The summed E-state index contributed by atoms with van der Waals surface area (Å²) in [5.74, 6) is 0.191. The summed E-state index contributed by atoms with van der Waals surface area (Å²) in [6, 6.07) is 16.6. The van der Waals surface area contributed by atoms with Gasteiger partial charge in [0.05, 0.1) is 12.6 Å². The molecule has 7 nitrogen and oxygen atoms in total. The van der Waals surface area contributed by atoms with Crippen LogP contribution in [-0.2, 0) is 6.54 Å². The molecule has 1 aliphatic rings. The van der Waals surface area contributed by atoms with E-state index in [1.165, 1.54) is 6.26 Å². The van der Waals surface area contributed by atoms with E-state index < -0.39 is 6.10 Å². The van der Waals surface area contributed by atoms with Crippen LogP contribution in [0, 0.1) is 0 Å². The second kappa shape index (κ2) is 10.1. The molecule has 1 amide bonds. The summed E-state index contributed by atoms with van der Waals surface area (Å²) in [6.45, 7) is 4.56. The normalized spacial score (nSPS) is 16.2. The standard InChI is InChI=1S/C23H25ClN4O3/c24-18-6-8-19(9-7-18)25-23(30)20-16-31-22(26-20)15-28-12-10-27(11-13-28)14-21(29)17-4-2-1-3-5-17/h1-9,16,21,29H,10-15H2,(H,25,30)/t21-/m0/s1. The second-order valence-corrected chi connectivity index (χ2v) is 8.03. The molecule has 31 heavy (non-hydrogen) atoms. The SMILES string of the molecule is O=C(Nc1ccc(Cl)cc1)c1coc(CN2CCN(C[C@H](O)c3ccccc3)CC2)n1. The van der Waals surface area contributed by atoms with Gasteiger partial charge in [-0.1, -0.05) is 41.9 Å². The van der Waals surface area contributed by atoms with Gasteiger partial charge in [0.1, 0.15) is 6.26 Å². The van der Waals surface area contributed by atoms with Crippen molar-refractivity contribution in [2.45, 2.75) is 12.6 Å². The number of benzene rings is 2. The number of hydrogen-bond donors (Lipinski definition) is 2. The highest BCUT2D eigenvalue weighted by atomic mass is 35.5. The molecule has 0 bridgehead atoms. The molecule has 0 aliphatic carbocycles. The fraction of sp³-hybridized carbons (Fsp3) is 0.304. The Morgan fingerprint density at radius 1 is 1.06 bits per heavy atom. The number of aliphatic hydroxyl groups excluding tert-OH is 1. The molecule has 2 heterocycles. The first-order valence-corrected chi connectivity index (χ1v) is 10.6. The van der Waals surface area contributed by atoms with Crippen LogP contribution in [0.15, 0.2) is 65.3 Å². The van der Waals surface area contributed by atoms with Crippen molar-refractivity contribution in [3.8, 4) is 0 Å². The lowest BCUT2D eigenvalue weighted by molar-refractivity contribution is 0.0671. The number of carbonyl (C=O) groups is 1. The zero-order chi connectivity index (χ0) is 21.6. The third-order valence-corrected chi connectivity index (χ3v) is 5.58. The van der Waals surface area contributed by atoms with Crippen LogP contribution >= 0.6 is 11.6 Å². The summed E-state index contributed by atoms with van der Waals surface area (Å²) in [4.78, 5) is 21.2. The van der Waals surface area contributed by atoms with E-state index in [0.717, 1.165) is 31.7 Å². The van der Waals surface area contributed by atoms with Gasteiger partial charge in [-0.05, 0) is 29.8 Å². The lowest BCUT2D eigenvalue weighted by Gasteiger charge is -2.35. The molecular weight excluding hydrogens is 416 g/mol. The molecule has 0 radical (unpaired) electrons. The smallest absolute Gasteiger partial charge is 0.277 e. The molecular formula is C23H25ClN4O3. The molecule has 1 fully saturated rings. The Labute approximate surface area is 186 Å². The fourth-order valence-corrected chi connectivity index (χ4v) is 3.69. The highest BCUT2D eigenvalue weighted by Crippen LogP contribution is 2.17. The predicted octanol–water partition coefficient (Wildman–Crippen LogP) is 3.43. The van der Waals surface area contributed by atoms with Crippen molar-refractivity contribution in [1.29, 1.82) is 0 Å². The average molecular weight is 441 g/mol. The van der Waals surface area contributed by atoms with Gasteiger partial charge in [0.15, 0.2) is 5.69 Å². The molecule has 1 aliphatic heterocycles. The Morgan fingerprint density at radius 2 is 1.74 bits per heavy atom. The van der Waals surface area contributed by atoms with Crippen LogP contribution in [0.3, 0.4) is 0 Å². The third-order valence-electron chi connectivity index (χ3n) is 5.33. The highest BCUT2D eigenvalue weighted by Gasteiger charge is 2.22. The summed E-state index contributed by atoms with van der Waals surface area (Å²) in [5.41, 5.74) is 1.83. The maximum Gasteiger partial charge on any atom is 0.277 e. The second-order valence-electron chi connectivity index (χ2n) is 7.59. The quantitative estimate of drug-likeness (QED) is 0.585. The van der Waals surface area contributed by atoms with E-state index in [4.69, 9.17) is 16.0 Å². The topological polar surface area (TPSA) is 81.8 Å². The van der Waals surface area contributed by atoms with E-state index in [0.29, 0.717) is 29.7 Å². The zero-order valence-corrected chi connectivity index (χ0v) is 17.8. The minimum atomic E-state index is -0.485. The van der Waals surface area contributed by atoms with Gasteiger partial charge in [0, 0.05) is 43.4 Å². The van der Waals surface area contributed by atoms with Crippen molar-refractivity contribution in [2.75, 3.05) is 38.0 Å². The Kier molecular flexibility index (Phi) is 6.99. The highest BCUT2D eigenvalue weighted by molar-refractivity contribution is 6.30. The minimum Gasteiger partial charge on any atom is -0.447 e. The lowest BCUT2D eigenvalue weighted by atomic mass is 10.1. The molecule has 0 spiro atoms. The van der Waals surface area contributed by atoms with E-state index in [2.05, 4.69) is 20.1 Å². The van der Waals surface area contributed by atoms with E-state index in [1.54, 1.807) is 24.3 Å². The Balaban J connectivity index is 1.24. The lowest BCUT2D eigenvalue weighted by Crippen LogP contribution is -2.47. The van der Waals surface area contributed by atoms with E-state index in [1.807, 2.05) is 30.3 Å². The first-order chi connectivity index (χ1) is 15.1. The number of nitrogens with zero attached hydrogens (tertiary/aromatic N) is 3. The first-order valence-electron chi connectivity index (χ1n) is 10.3. The van der Waals surface area contributed by atoms with Crippen molar-refractivity contribution in [2.24, 2.45) is 0 Å². The fourth-order valence-electron chi connectivity index (χ4n) is 3.56. The summed E-state index contributed by atoms with van der Waals surface area (Å²) in [7, 11) is 0. The number of aromatic nitrogens is 1. The molecule has 1 atom stereocenters. The summed E-state index contributed by atoms with van der Waals surface area (Å²) >= 11 is 5.86.